The molecular weight excluding hydrogens is 248 g/mol. The Labute approximate surface area is 117 Å². The van der Waals surface area contributed by atoms with Crippen molar-refractivity contribution in [2.45, 2.75) is 19.8 Å². The van der Waals surface area contributed by atoms with Gasteiger partial charge in [0.2, 0.25) is 0 Å². The zero-order chi connectivity index (χ0) is 13.9. The molecule has 0 radical (unpaired) electrons. The van der Waals surface area contributed by atoms with Crippen molar-refractivity contribution < 1.29 is 5.11 Å². The molecule has 0 heterocycles. The van der Waals surface area contributed by atoms with Gasteiger partial charge in [-0.2, -0.15) is 0 Å². The molecule has 0 atom stereocenters. The first-order valence-electron chi connectivity index (χ1n) is 6.86. The molecule has 1 aliphatic carbocycles. The van der Waals surface area contributed by atoms with Gasteiger partial charge in [0.1, 0.15) is 5.75 Å². The summed E-state index contributed by atoms with van der Waals surface area (Å²) in [5.74, 6) is 0.268. The highest BCUT2D eigenvalue weighted by Gasteiger charge is 2.30. The van der Waals surface area contributed by atoms with Crippen LogP contribution in [0.25, 0.3) is 22.3 Å². The predicted molar refractivity (Wildman–Crippen MR) is 79.8 cm³/mol. The minimum absolute atomic E-state index is 0.156. The van der Waals surface area contributed by atoms with Gasteiger partial charge in [-0.05, 0) is 54.2 Å². The monoisotopic (exact) mass is 262 g/mol. The van der Waals surface area contributed by atoms with E-state index in [1.165, 1.54) is 11.1 Å². The molecule has 0 unspecified atom stereocenters. The molecule has 3 aromatic rings. The molecule has 1 aliphatic rings. The molecular formula is C18H14O2. The van der Waals surface area contributed by atoms with Crippen LogP contribution < -0.4 is 5.43 Å². The predicted octanol–water partition coefficient (Wildman–Crippen LogP) is 3.37. The van der Waals surface area contributed by atoms with Gasteiger partial charge in [-0.3, -0.25) is 4.79 Å². The van der Waals surface area contributed by atoms with E-state index in [9.17, 15) is 9.90 Å². The highest BCUT2D eigenvalue weighted by Crippen LogP contribution is 2.41. The molecule has 4 rings (SSSR count). The van der Waals surface area contributed by atoms with Crippen molar-refractivity contribution in [2.24, 2.45) is 0 Å². The number of benzene rings is 2. The number of hydrogen-bond acceptors (Lipinski definition) is 2. The number of fused-ring (bicyclic) bond motifs is 5. The van der Waals surface area contributed by atoms with Crippen LogP contribution >= 0.6 is 0 Å². The van der Waals surface area contributed by atoms with Crippen LogP contribution in [0.2, 0.25) is 0 Å². The van der Waals surface area contributed by atoms with E-state index in [-0.39, 0.29) is 11.2 Å². The van der Waals surface area contributed by atoms with Gasteiger partial charge in [-0.15, -0.1) is 0 Å². The summed E-state index contributed by atoms with van der Waals surface area (Å²) < 4.78 is 0. The van der Waals surface area contributed by atoms with Crippen molar-refractivity contribution in [1.82, 2.24) is 0 Å². The smallest absolute Gasteiger partial charge is 0.195 e. The fourth-order valence-corrected chi connectivity index (χ4v) is 3.16. The molecule has 0 spiro atoms. The SMILES string of the molecule is Cc1ccc2c(c1)CCc1cc(O)ccc1-c1c-2c1=O. The van der Waals surface area contributed by atoms with Crippen molar-refractivity contribution in [3.05, 3.63) is 63.3 Å². The van der Waals surface area contributed by atoms with Crippen molar-refractivity contribution in [1.29, 1.82) is 0 Å². The number of aromatic hydroxyl groups is 1. The van der Waals surface area contributed by atoms with Crippen LogP contribution in [0, 0.1) is 6.92 Å². The van der Waals surface area contributed by atoms with Gasteiger partial charge in [0.25, 0.3) is 0 Å². The lowest BCUT2D eigenvalue weighted by Crippen LogP contribution is -1.98. The minimum Gasteiger partial charge on any atom is -0.508 e. The fraction of sp³-hybridized carbons (Fsp3) is 0.167. The highest BCUT2D eigenvalue weighted by atomic mass is 16.3. The third kappa shape index (κ3) is 1.54. The van der Waals surface area contributed by atoms with E-state index < -0.39 is 0 Å². The molecule has 3 aromatic carbocycles. The van der Waals surface area contributed by atoms with Crippen LogP contribution in [0.3, 0.4) is 0 Å². The largest absolute Gasteiger partial charge is 0.508 e. The van der Waals surface area contributed by atoms with Crippen LogP contribution in [0.4, 0.5) is 0 Å². The van der Waals surface area contributed by atoms with Crippen LogP contribution in [0.5, 0.6) is 5.75 Å². The fourth-order valence-electron chi connectivity index (χ4n) is 3.16. The Morgan fingerprint density at radius 2 is 1.50 bits per heavy atom. The Morgan fingerprint density at radius 3 is 2.20 bits per heavy atom. The summed E-state index contributed by atoms with van der Waals surface area (Å²) in [6.45, 7) is 2.07. The molecule has 0 aromatic heterocycles. The molecule has 0 fully saturated rings. The van der Waals surface area contributed by atoms with Gasteiger partial charge in [0.05, 0.1) is 0 Å². The second kappa shape index (κ2) is 3.83. The second-order valence-electron chi connectivity index (χ2n) is 5.58. The van der Waals surface area contributed by atoms with Crippen molar-refractivity contribution >= 4 is 0 Å². The van der Waals surface area contributed by atoms with Crippen molar-refractivity contribution in [3.8, 4) is 28.0 Å². The van der Waals surface area contributed by atoms with Crippen LogP contribution in [-0.4, -0.2) is 5.11 Å². The van der Waals surface area contributed by atoms with E-state index in [1.54, 1.807) is 12.1 Å². The Hall–Kier alpha value is -2.35. The summed E-state index contributed by atoms with van der Waals surface area (Å²) in [4.78, 5) is 12.2. The first kappa shape index (κ1) is 11.5. The zero-order valence-electron chi connectivity index (χ0n) is 11.2. The molecule has 0 saturated heterocycles. The molecule has 0 amide bonds. The van der Waals surface area contributed by atoms with E-state index in [0.717, 1.165) is 40.7 Å². The van der Waals surface area contributed by atoms with E-state index in [0.29, 0.717) is 0 Å². The quantitative estimate of drug-likeness (QED) is 0.674. The van der Waals surface area contributed by atoms with Crippen molar-refractivity contribution in [2.75, 3.05) is 0 Å². The summed E-state index contributed by atoms with van der Waals surface area (Å²) in [5, 5.41) is 9.65. The first-order valence-corrected chi connectivity index (χ1v) is 6.86. The molecule has 0 bridgehead atoms. The maximum Gasteiger partial charge on any atom is 0.195 e. The van der Waals surface area contributed by atoms with E-state index >= 15 is 0 Å². The molecule has 2 heteroatoms. The standard InChI is InChI=1S/C18H14O2/c1-10-2-6-14-11(8-10)3-4-12-9-13(19)5-7-15(12)17-16(14)18(17)20/h2,5-9,19H,3-4H2,1H3. The zero-order valence-corrected chi connectivity index (χ0v) is 11.2. The molecule has 2 nitrogen and oxygen atoms in total. The highest BCUT2D eigenvalue weighted by molar-refractivity contribution is 5.96. The number of phenolic OH excluding ortho intramolecular Hbond substituents is 1. The first-order chi connectivity index (χ1) is 9.65. The van der Waals surface area contributed by atoms with Gasteiger partial charge in [-0.25, -0.2) is 0 Å². The van der Waals surface area contributed by atoms with E-state index in [1.807, 2.05) is 6.07 Å². The topological polar surface area (TPSA) is 37.3 Å². The van der Waals surface area contributed by atoms with Gasteiger partial charge >= 0.3 is 0 Å². The summed E-state index contributed by atoms with van der Waals surface area (Å²) in [5.41, 5.74) is 7.47. The lowest BCUT2D eigenvalue weighted by Gasteiger charge is -2.13. The number of aryl methyl sites for hydroxylation is 3. The van der Waals surface area contributed by atoms with Gasteiger partial charge in [0, 0.05) is 11.1 Å². The Bertz CT molecular complexity index is 780. The van der Waals surface area contributed by atoms with Crippen molar-refractivity contribution in [3.63, 3.8) is 0 Å². The number of hydrogen-bond donors (Lipinski definition) is 1. The van der Waals surface area contributed by atoms with Gasteiger partial charge in [-0.1, -0.05) is 29.8 Å². The molecule has 1 N–H and O–H groups in total. The summed E-state index contributed by atoms with van der Waals surface area (Å²) in [6.07, 6.45) is 1.75. The van der Waals surface area contributed by atoms with Crippen LogP contribution in [-0.2, 0) is 12.8 Å². The normalized spacial score (nSPS) is 13.2. The molecule has 98 valence electrons. The minimum atomic E-state index is 0.156. The third-order valence-corrected chi connectivity index (χ3v) is 4.19. The van der Waals surface area contributed by atoms with E-state index in [4.69, 9.17) is 0 Å². The lowest BCUT2D eigenvalue weighted by atomic mass is 9.91. The number of rotatable bonds is 0. The summed E-state index contributed by atoms with van der Waals surface area (Å²) in [6, 6.07) is 11.6. The molecule has 0 saturated carbocycles. The average Bonchev–Trinajstić information content (AvgIpc) is 3.05. The Kier molecular flexibility index (Phi) is 2.19. The summed E-state index contributed by atoms with van der Waals surface area (Å²) >= 11 is 0. The van der Waals surface area contributed by atoms with Crippen LogP contribution in [0.1, 0.15) is 16.7 Å². The maximum absolute atomic E-state index is 12.2. The van der Waals surface area contributed by atoms with Gasteiger partial charge < -0.3 is 5.11 Å². The lowest BCUT2D eigenvalue weighted by molar-refractivity contribution is 0.474. The molecule has 0 aliphatic heterocycles. The van der Waals surface area contributed by atoms with Crippen LogP contribution in [0.15, 0.2) is 41.2 Å². The number of phenols is 1. The summed E-state index contributed by atoms with van der Waals surface area (Å²) in [7, 11) is 0. The average molecular weight is 262 g/mol. The Balaban J connectivity index is 1.97. The third-order valence-electron chi connectivity index (χ3n) is 4.19. The second-order valence-corrected chi connectivity index (χ2v) is 5.58. The van der Waals surface area contributed by atoms with Gasteiger partial charge in [0.15, 0.2) is 5.43 Å². The maximum atomic E-state index is 12.2. The Morgan fingerprint density at radius 1 is 0.900 bits per heavy atom. The molecule has 20 heavy (non-hydrogen) atoms. The van der Waals surface area contributed by atoms with E-state index in [2.05, 4.69) is 25.1 Å².